The minimum absolute atomic E-state index is 0.294. The highest BCUT2D eigenvalue weighted by Crippen LogP contribution is 2.23. The average molecular weight is 250 g/mol. The molecule has 1 heterocycles. The van der Waals surface area contributed by atoms with Gasteiger partial charge in [-0.25, -0.2) is 4.79 Å². The van der Waals surface area contributed by atoms with Crippen molar-refractivity contribution in [2.45, 2.75) is 17.9 Å². The van der Waals surface area contributed by atoms with E-state index in [1.807, 2.05) is 30.5 Å². The molecule has 0 radical (unpaired) electrons. The van der Waals surface area contributed by atoms with E-state index in [0.29, 0.717) is 11.4 Å². The van der Waals surface area contributed by atoms with E-state index in [1.165, 1.54) is 0 Å². The molecule has 1 aromatic carbocycles. The monoisotopic (exact) mass is 250 g/mol. The number of benzene rings is 1. The van der Waals surface area contributed by atoms with Crippen LogP contribution in [0, 0.1) is 6.92 Å². The number of aliphatic hydroxyl groups excluding tert-OH is 1. The Balaban J connectivity index is 2.33. The summed E-state index contributed by atoms with van der Waals surface area (Å²) in [6, 6.07) is 7.62. The van der Waals surface area contributed by atoms with Crippen molar-refractivity contribution >= 4 is 11.8 Å². The van der Waals surface area contributed by atoms with E-state index in [2.05, 4.69) is 9.97 Å². The lowest BCUT2D eigenvalue weighted by molar-refractivity contribution is 0.215. The second-order valence-corrected chi connectivity index (χ2v) is 4.67. The molecule has 0 saturated heterocycles. The summed E-state index contributed by atoms with van der Waals surface area (Å²) in [6.07, 6.45) is 1.20. The Morgan fingerprint density at radius 3 is 2.35 bits per heavy atom. The average Bonchev–Trinajstić information content (AvgIpc) is 2.68. The Bertz CT molecular complexity index is 557. The Hall–Kier alpha value is -1.46. The van der Waals surface area contributed by atoms with Gasteiger partial charge in [-0.3, -0.25) is 0 Å². The van der Waals surface area contributed by atoms with Crippen molar-refractivity contribution in [3.05, 3.63) is 51.7 Å². The highest BCUT2D eigenvalue weighted by atomic mass is 32.2. The summed E-state index contributed by atoms with van der Waals surface area (Å²) in [5, 5.41) is 10.2. The number of aliphatic hydroxyl groups is 1. The van der Waals surface area contributed by atoms with Crippen molar-refractivity contribution < 1.29 is 5.11 Å². The molecule has 0 aliphatic rings. The van der Waals surface area contributed by atoms with E-state index in [1.54, 1.807) is 18.7 Å². The van der Waals surface area contributed by atoms with Crippen molar-refractivity contribution in [3.63, 3.8) is 0 Å². The van der Waals surface area contributed by atoms with Crippen molar-refractivity contribution in [3.8, 4) is 0 Å². The molecular weight excluding hydrogens is 236 g/mol. The standard InChI is InChI=1S/C12H14N2O2S/c1-7-10(14-12(16)13-7)11(15)8-3-5-9(17-2)6-4-8/h3-6,11,15H,1-2H3,(H2,13,14,16). The Morgan fingerprint density at radius 1 is 1.24 bits per heavy atom. The van der Waals surface area contributed by atoms with Crippen LogP contribution in [-0.4, -0.2) is 21.3 Å². The summed E-state index contributed by atoms with van der Waals surface area (Å²) >= 11 is 1.65. The zero-order valence-corrected chi connectivity index (χ0v) is 10.5. The Labute approximate surface area is 103 Å². The number of nitrogens with one attached hydrogen (secondary N) is 2. The molecule has 0 saturated carbocycles. The lowest BCUT2D eigenvalue weighted by atomic mass is 10.1. The molecule has 0 aliphatic carbocycles. The fourth-order valence-corrected chi connectivity index (χ4v) is 2.12. The van der Waals surface area contributed by atoms with Crippen LogP contribution in [0.2, 0.25) is 0 Å². The number of aromatic amines is 2. The van der Waals surface area contributed by atoms with Gasteiger partial charge >= 0.3 is 5.69 Å². The van der Waals surface area contributed by atoms with Crippen LogP contribution in [-0.2, 0) is 0 Å². The predicted octanol–water partition coefficient (Wildman–Crippen LogP) is 1.82. The smallest absolute Gasteiger partial charge is 0.323 e. The minimum atomic E-state index is -0.801. The van der Waals surface area contributed by atoms with E-state index in [4.69, 9.17) is 0 Å². The predicted molar refractivity (Wildman–Crippen MR) is 68.4 cm³/mol. The van der Waals surface area contributed by atoms with Crippen LogP contribution >= 0.6 is 11.8 Å². The van der Waals surface area contributed by atoms with Crippen molar-refractivity contribution in [1.82, 2.24) is 9.97 Å². The molecule has 90 valence electrons. The van der Waals surface area contributed by atoms with E-state index >= 15 is 0 Å². The lowest BCUT2D eigenvalue weighted by Gasteiger charge is -2.10. The first kappa shape index (κ1) is 12.0. The van der Waals surface area contributed by atoms with Crippen molar-refractivity contribution in [2.24, 2.45) is 0 Å². The molecule has 5 heteroatoms. The molecule has 4 nitrogen and oxygen atoms in total. The maximum atomic E-state index is 11.1. The van der Waals surface area contributed by atoms with Gasteiger partial charge in [0, 0.05) is 10.6 Å². The molecule has 1 aromatic heterocycles. The molecule has 0 amide bonds. The fourth-order valence-electron chi connectivity index (χ4n) is 1.71. The van der Waals surface area contributed by atoms with Crippen molar-refractivity contribution in [1.29, 1.82) is 0 Å². The molecule has 1 atom stereocenters. The molecule has 0 spiro atoms. The third kappa shape index (κ3) is 2.45. The third-order valence-electron chi connectivity index (χ3n) is 2.66. The number of H-pyrrole nitrogens is 2. The number of thioether (sulfide) groups is 1. The molecule has 0 aliphatic heterocycles. The van der Waals surface area contributed by atoms with Gasteiger partial charge in [-0.1, -0.05) is 12.1 Å². The van der Waals surface area contributed by atoms with Crippen LogP contribution < -0.4 is 5.69 Å². The van der Waals surface area contributed by atoms with Gasteiger partial charge in [0.05, 0.1) is 5.69 Å². The largest absolute Gasteiger partial charge is 0.382 e. The van der Waals surface area contributed by atoms with Crippen molar-refractivity contribution in [2.75, 3.05) is 6.26 Å². The first-order valence-electron chi connectivity index (χ1n) is 5.22. The summed E-state index contributed by atoms with van der Waals surface area (Å²) in [7, 11) is 0. The van der Waals surface area contributed by atoms with Gasteiger partial charge in [-0.05, 0) is 30.9 Å². The number of rotatable bonds is 3. The van der Waals surface area contributed by atoms with Crippen LogP contribution in [0.3, 0.4) is 0 Å². The summed E-state index contributed by atoms with van der Waals surface area (Å²) in [5.74, 6) is 0. The second-order valence-electron chi connectivity index (χ2n) is 3.79. The molecule has 3 N–H and O–H groups in total. The SMILES string of the molecule is CSc1ccc(C(O)c2[nH]c(=O)[nH]c2C)cc1. The van der Waals surface area contributed by atoms with Crippen LogP contribution in [0.4, 0.5) is 0 Å². The van der Waals surface area contributed by atoms with Crippen LogP contribution in [0.15, 0.2) is 34.0 Å². The molecule has 0 bridgehead atoms. The molecule has 2 rings (SSSR count). The normalized spacial score (nSPS) is 12.6. The first-order chi connectivity index (χ1) is 8.11. The highest BCUT2D eigenvalue weighted by Gasteiger charge is 2.15. The third-order valence-corrected chi connectivity index (χ3v) is 3.40. The summed E-state index contributed by atoms with van der Waals surface area (Å²) < 4.78 is 0. The summed E-state index contributed by atoms with van der Waals surface area (Å²) in [5.41, 5.74) is 1.65. The van der Waals surface area contributed by atoms with Crippen LogP contribution in [0.25, 0.3) is 0 Å². The van der Waals surface area contributed by atoms with Gasteiger partial charge in [0.2, 0.25) is 0 Å². The summed E-state index contributed by atoms with van der Waals surface area (Å²) in [4.78, 5) is 17.5. The number of hydrogen-bond donors (Lipinski definition) is 3. The van der Waals surface area contributed by atoms with Gasteiger partial charge in [-0.2, -0.15) is 0 Å². The maximum Gasteiger partial charge on any atom is 0.323 e. The van der Waals surface area contributed by atoms with E-state index < -0.39 is 6.10 Å². The molecule has 2 aromatic rings. The van der Waals surface area contributed by atoms with Gasteiger partial charge < -0.3 is 15.1 Å². The molecule has 17 heavy (non-hydrogen) atoms. The van der Waals surface area contributed by atoms with Crippen LogP contribution in [0.5, 0.6) is 0 Å². The van der Waals surface area contributed by atoms with Gasteiger partial charge in [0.25, 0.3) is 0 Å². The first-order valence-corrected chi connectivity index (χ1v) is 6.45. The van der Waals surface area contributed by atoms with Gasteiger partial charge in [-0.15, -0.1) is 11.8 Å². The molecule has 1 unspecified atom stereocenters. The zero-order valence-electron chi connectivity index (χ0n) is 9.65. The molecular formula is C12H14N2O2S. The quantitative estimate of drug-likeness (QED) is 0.728. The van der Waals surface area contributed by atoms with Gasteiger partial charge in [0.1, 0.15) is 6.10 Å². The fraction of sp³-hybridized carbons (Fsp3) is 0.250. The summed E-state index contributed by atoms with van der Waals surface area (Å²) in [6.45, 7) is 1.76. The topological polar surface area (TPSA) is 68.9 Å². The number of aromatic nitrogens is 2. The van der Waals surface area contributed by atoms with Gasteiger partial charge in [0.15, 0.2) is 0 Å². The minimum Gasteiger partial charge on any atom is -0.382 e. The Morgan fingerprint density at radius 2 is 1.88 bits per heavy atom. The lowest BCUT2D eigenvalue weighted by Crippen LogP contribution is -2.05. The van der Waals surface area contributed by atoms with E-state index in [-0.39, 0.29) is 5.69 Å². The second kappa shape index (κ2) is 4.81. The number of imidazole rings is 1. The zero-order chi connectivity index (χ0) is 12.4. The maximum absolute atomic E-state index is 11.1. The van der Waals surface area contributed by atoms with E-state index in [0.717, 1.165) is 10.5 Å². The Kier molecular flexibility index (Phi) is 3.40. The van der Waals surface area contributed by atoms with E-state index in [9.17, 15) is 9.90 Å². The number of hydrogen-bond acceptors (Lipinski definition) is 3. The van der Waals surface area contributed by atoms with Crippen LogP contribution in [0.1, 0.15) is 23.1 Å². The number of aryl methyl sites for hydroxylation is 1. The highest BCUT2D eigenvalue weighted by molar-refractivity contribution is 7.98. The molecule has 0 fully saturated rings.